The third-order valence-corrected chi connectivity index (χ3v) is 3.17. The Kier molecular flexibility index (Phi) is 2.90. The van der Waals surface area contributed by atoms with Gasteiger partial charge in [-0.2, -0.15) is 4.99 Å². The van der Waals surface area contributed by atoms with Gasteiger partial charge in [-0.3, -0.25) is 0 Å². The Morgan fingerprint density at radius 3 is 2.59 bits per heavy atom. The first-order chi connectivity index (χ1) is 8.13. The SMILES string of the molecule is COc1ccc(N(C)C)c(C2(N=C=O)CC2)c1. The highest BCUT2D eigenvalue weighted by Crippen LogP contribution is 2.52. The summed E-state index contributed by atoms with van der Waals surface area (Å²) >= 11 is 0. The normalized spacial score (nSPS) is 15.9. The Labute approximate surface area is 101 Å². The summed E-state index contributed by atoms with van der Waals surface area (Å²) in [5.74, 6) is 0.790. The summed E-state index contributed by atoms with van der Waals surface area (Å²) in [6.07, 6.45) is 3.49. The second kappa shape index (κ2) is 4.22. The molecule has 90 valence electrons. The van der Waals surface area contributed by atoms with E-state index in [0.717, 1.165) is 29.8 Å². The molecule has 0 aliphatic heterocycles. The van der Waals surface area contributed by atoms with E-state index in [9.17, 15) is 4.79 Å². The molecule has 0 atom stereocenters. The van der Waals surface area contributed by atoms with Gasteiger partial charge in [-0.1, -0.05) is 0 Å². The molecule has 0 amide bonds. The van der Waals surface area contributed by atoms with Gasteiger partial charge in [0, 0.05) is 25.3 Å². The van der Waals surface area contributed by atoms with Crippen LogP contribution >= 0.6 is 0 Å². The van der Waals surface area contributed by atoms with Gasteiger partial charge in [0.25, 0.3) is 0 Å². The highest BCUT2D eigenvalue weighted by atomic mass is 16.5. The van der Waals surface area contributed by atoms with Crippen molar-refractivity contribution < 1.29 is 9.53 Å². The van der Waals surface area contributed by atoms with E-state index in [4.69, 9.17) is 4.74 Å². The summed E-state index contributed by atoms with van der Waals surface area (Å²) in [6.45, 7) is 0. The van der Waals surface area contributed by atoms with Crippen LogP contribution in [0.3, 0.4) is 0 Å². The summed E-state index contributed by atoms with van der Waals surface area (Å²) in [4.78, 5) is 16.5. The van der Waals surface area contributed by atoms with Crippen molar-refractivity contribution in [3.8, 4) is 5.75 Å². The van der Waals surface area contributed by atoms with Crippen LogP contribution in [-0.2, 0) is 10.3 Å². The lowest BCUT2D eigenvalue weighted by atomic mass is 10.0. The number of isocyanates is 1. The molecule has 0 N–H and O–H groups in total. The zero-order valence-electron chi connectivity index (χ0n) is 10.4. The molecule has 0 bridgehead atoms. The predicted molar refractivity (Wildman–Crippen MR) is 66.4 cm³/mol. The van der Waals surface area contributed by atoms with Gasteiger partial charge < -0.3 is 9.64 Å². The van der Waals surface area contributed by atoms with Crippen LogP contribution < -0.4 is 9.64 Å². The van der Waals surface area contributed by atoms with E-state index in [1.54, 1.807) is 13.2 Å². The molecule has 4 nitrogen and oxygen atoms in total. The lowest BCUT2D eigenvalue weighted by molar-refractivity contribution is 0.413. The minimum Gasteiger partial charge on any atom is -0.497 e. The Morgan fingerprint density at radius 2 is 2.12 bits per heavy atom. The number of benzene rings is 1. The van der Waals surface area contributed by atoms with Crippen molar-refractivity contribution in [2.24, 2.45) is 4.99 Å². The molecule has 1 aliphatic carbocycles. The molecule has 0 heterocycles. The average molecular weight is 232 g/mol. The van der Waals surface area contributed by atoms with Crippen LogP contribution in [0.15, 0.2) is 23.2 Å². The fourth-order valence-electron chi connectivity index (χ4n) is 2.05. The van der Waals surface area contributed by atoms with Crippen LogP contribution in [0.2, 0.25) is 0 Å². The molecule has 4 heteroatoms. The van der Waals surface area contributed by atoms with Crippen LogP contribution in [0.4, 0.5) is 5.69 Å². The Morgan fingerprint density at radius 1 is 1.41 bits per heavy atom. The van der Waals surface area contributed by atoms with Gasteiger partial charge in [-0.25, -0.2) is 4.79 Å². The minimum absolute atomic E-state index is 0.365. The largest absolute Gasteiger partial charge is 0.497 e. The maximum absolute atomic E-state index is 10.5. The first-order valence-electron chi connectivity index (χ1n) is 5.58. The van der Waals surface area contributed by atoms with Crippen LogP contribution in [0.1, 0.15) is 18.4 Å². The topological polar surface area (TPSA) is 41.9 Å². The summed E-state index contributed by atoms with van der Waals surface area (Å²) in [6, 6.07) is 5.87. The molecule has 0 unspecified atom stereocenters. The summed E-state index contributed by atoms with van der Waals surface area (Å²) < 4.78 is 5.23. The first-order valence-corrected chi connectivity index (χ1v) is 5.58. The van der Waals surface area contributed by atoms with Crippen LogP contribution in [0.25, 0.3) is 0 Å². The summed E-state index contributed by atoms with van der Waals surface area (Å²) in [5.41, 5.74) is 1.75. The average Bonchev–Trinajstić information content (AvgIpc) is 3.09. The fourth-order valence-corrected chi connectivity index (χ4v) is 2.05. The van der Waals surface area contributed by atoms with Crippen molar-refractivity contribution >= 4 is 11.8 Å². The number of methoxy groups -OCH3 is 1. The third kappa shape index (κ3) is 2.04. The quantitative estimate of drug-likeness (QED) is 0.589. The standard InChI is InChI=1S/C13H16N2O2/c1-15(2)12-5-4-10(17-3)8-11(12)13(6-7-13)14-9-16/h4-5,8H,6-7H2,1-3H3. The van der Waals surface area contributed by atoms with Gasteiger partial charge in [0.05, 0.1) is 7.11 Å². The van der Waals surface area contributed by atoms with Crippen molar-refractivity contribution in [3.05, 3.63) is 23.8 Å². The molecule has 1 fully saturated rings. The van der Waals surface area contributed by atoms with E-state index < -0.39 is 0 Å². The molecular formula is C13H16N2O2. The molecular weight excluding hydrogens is 216 g/mol. The fraction of sp³-hybridized carbons (Fsp3) is 0.462. The lowest BCUT2D eigenvalue weighted by Gasteiger charge is -2.21. The predicted octanol–water partition coefficient (Wildman–Crippen LogP) is 2.09. The van der Waals surface area contributed by atoms with Gasteiger partial charge in [0.1, 0.15) is 11.3 Å². The van der Waals surface area contributed by atoms with E-state index in [1.807, 2.05) is 37.2 Å². The van der Waals surface area contributed by atoms with Crippen molar-refractivity contribution in [2.75, 3.05) is 26.1 Å². The number of hydrogen-bond acceptors (Lipinski definition) is 4. The molecule has 1 aromatic rings. The van der Waals surface area contributed by atoms with Gasteiger partial charge in [0.15, 0.2) is 0 Å². The highest BCUT2D eigenvalue weighted by Gasteiger charge is 2.46. The number of nitrogens with zero attached hydrogens (tertiary/aromatic N) is 2. The maximum atomic E-state index is 10.5. The first kappa shape index (κ1) is 11.7. The molecule has 0 radical (unpaired) electrons. The lowest BCUT2D eigenvalue weighted by Crippen LogP contribution is -2.15. The monoisotopic (exact) mass is 232 g/mol. The second-order valence-electron chi connectivity index (χ2n) is 4.51. The third-order valence-electron chi connectivity index (χ3n) is 3.17. The Bertz CT molecular complexity index is 472. The smallest absolute Gasteiger partial charge is 0.235 e. The van der Waals surface area contributed by atoms with Gasteiger partial charge in [-0.05, 0) is 31.0 Å². The van der Waals surface area contributed by atoms with Crippen molar-refractivity contribution in [2.45, 2.75) is 18.4 Å². The van der Waals surface area contributed by atoms with Crippen molar-refractivity contribution in [3.63, 3.8) is 0 Å². The van der Waals surface area contributed by atoms with Gasteiger partial charge >= 0.3 is 0 Å². The molecule has 0 aromatic heterocycles. The van der Waals surface area contributed by atoms with Gasteiger partial charge in [0.2, 0.25) is 6.08 Å². The van der Waals surface area contributed by atoms with E-state index in [2.05, 4.69) is 4.99 Å². The van der Waals surface area contributed by atoms with Gasteiger partial charge in [-0.15, -0.1) is 0 Å². The summed E-state index contributed by atoms with van der Waals surface area (Å²) in [7, 11) is 5.59. The van der Waals surface area contributed by atoms with E-state index in [-0.39, 0.29) is 5.54 Å². The van der Waals surface area contributed by atoms with E-state index >= 15 is 0 Å². The maximum Gasteiger partial charge on any atom is 0.235 e. The molecule has 1 aromatic carbocycles. The molecule has 0 spiro atoms. The highest BCUT2D eigenvalue weighted by molar-refractivity contribution is 5.61. The Balaban J connectivity index is 2.53. The zero-order chi connectivity index (χ0) is 12.5. The van der Waals surface area contributed by atoms with Crippen LogP contribution in [0, 0.1) is 0 Å². The number of anilines is 1. The number of rotatable bonds is 4. The van der Waals surface area contributed by atoms with Crippen molar-refractivity contribution in [1.29, 1.82) is 0 Å². The summed E-state index contributed by atoms with van der Waals surface area (Å²) in [5, 5.41) is 0. The van der Waals surface area contributed by atoms with E-state index in [1.165, 1.54) is 0 Å². The van der Waals surface area contributed by atoms with Crippen LogP contribution in [0.5, 0.6) is 5.75 Å². The molecule has 1 aliphatic rings. The van der Waals surface area contributed by atoms with Crippen molar-refractivity contribution in [1.82, 2.24) is 0 Å². The van der Waals surface area contributed by atoms with Crippen LogP contribution in [-0.4, -0.2) is 27.3 Å². The van der Waals surface area contributed by atoms with E-state index in [0.29, 0.717) is 0 Å². The second-order valence-corrected chi connectivity index (χ2v) is 4.51. The number of aliphatic imine (C=N–C) groups is 1. The molecule has 17 heavy (non-hydrogen) atoms. The molecule has 1 saturated carbocycles. The number of ether oxygens (including phenoxy) is 1. The molecule has 2 rings (SSSR count). The number of hydrogen-bond donors (Lipinski definition) is 0. The minimum atomic E-state index is -0.365. The number of carbonyl (C=O) groups excluding carboxylic acids is 1. The molecule has 0 saturated heterocycles. The zero-order valence-corrected chi connectivity index (χ0v) is 10.4. The Hall–Kier alpha value is -1.80.